The molecule has 9 heteroatoms. The molecule has 7 nitrogen and oxygen atoms in total. The van der Waals surface area contributed by atoms with Crippen LogP contribution in [0.25, 0.3) is 0 Å². The second kappa shape index (κ2) is 9.40. The Hall–Kier alpha value is -1.55. The van der Waals surface area contributed by atoms with Crippen molar-refractivity contribution in [3.63, 3.8) is 0 Å². The number of hydrogen-bond acceptors (Lipinski definition) is 5. The van der Waals surface area contributed by atoms with Crippen LogP contribution in [0.4, 0.5) is 5.69 Å². The monoisotopic (exact) mass is 490 g/mol. The highest BCUT2D eigenvalue weighted by atomic mass is 127. The molecule has 1 aliphatic rings. The summed E-state index contributed by atoms with van der Waals surface area (Å²) in [7, 11) is 1.79. The summed E-state index contributed by atoms with van der Waals surface area (Å²) in [6.45, 7) is 8.01. The lowest BCUT2D eigenvalue weighted by Gasteiger charge is -2.38. The van der Waals surface area contributed by atoms with Gasteiger partial charge in [0, 0.05) is 50.9 Å². The summed E-state index contributed by atoms with van der Waals surface area (Å²) in [4.78, 5) is 13.2. The first-order chi connectivity index (χ1) is 12.1. The molecule has 142 valence electrons. The molecule has 0 spiro atoms. The van der Waals surface area contributed by atoms with Gasteiger partial charge in [0.05, 0.1) is 6.54 Å². The Morgan fingerprint density at radius 1 is 1.27 bits per heavy atom. The van der Waals surface area contributed by atoms with E-state index in [-0.39, 0.29) is 24.0 Å². The highest BCUT2D eigenvalue weighted by molar-refractivity contribution is 14.0. The molecule has 1 N–H and O–H groups in total. The number of nitrogens with zero attached hydrogens (tertiary/aromatic N) is 5. The van der Waals surface area contributed by atoms with Crippen molar-refractivity contribution in [1.29, 1.82) is 0 Å². The van der Waals surface area contributed by atoms with Gasteiger partial charge >= 0.3 is 0 Å². The third kappa shape index (κ3) is 5.00. The van der Waals surface area contributed by atoms with Gasteiger partial charge in [-0.05, 0) is 24.6 Å². The predicted molar refractivity (Wildman–Crippen MR) is 115 cm³/mol. The van der Waals surface area contributed by atoms with Gasteiger partial charge in [-0.2, -0.15) is 4.98 Å². The van der Waals surface area contributed by atoms with Crippen molar-refractivity contribution in [1.82, 2.24) is 20.4 Å². The van der Waals surface area contributed by atoms with Crippen molar-refractivity contribution >= 4 is 47.2 Å². The molecule has 2 heterocycles. The molecule has 0 unspecified atom stereocenters. The third-order valence-electron chi connectivity index (χ3n) is 4.28. The molecule has 1 saturated heterocycles. The second-order valence-corrected chi connectivity index (χ2v) is 6.47. The summed E-state index contributed by atoms with van der Waals surface area (Å²) in [5, 5.41) is 7.96. The smallest absolute Gasteiger partial charge is 0.223 e. The maximum Gasteiger partial charge on any atom is 0.223 e. The molecule has 1 fully saturated rings. The molecule has 0 aliphatic carbocycles. The minimum absolute atomic E-state index is 0. The lowest BCUT2D eigenvalue weighted by Crippen LogP contribution is -2.52. The van der Waals surface area contributed by atoms with Crippen molar-refractivity contribution in [2.75, 3.05) is 38.1 Å². The summed E-state index contributed by atoms with van der Waals surface area (Å²) in [6.07, 6.45) is 0. The molecule has 3 rings (SSSR count). The van der Waals surface area contributed by atoms with E-state index in [1.54, 1.807) is 14.0 Å². The normalized spacial score (nSPS) is 15.0. The van der Waals surface area contributed by atoms with Crippen molar-refractivity contribution in [2.24, 2.45) is 4.99 Å². The van der Waals surface area contributed by atoms with E-state index >= 15 is 0 Å². The van der Waals surface area contributed by atoms with E-state index < -0.39 is 0 Å². The van der Waals surface area contributed by atoms with Crippen molar-refractivity contribution in [3.8, 4) is 0 Å². The number of aryl methyl sites for hydroxylation is 2. The van der Waals surface area contributed by atoms with Crippen LogP contribution in [0.1, 0.15) is 17.3 Å². The first-order valence-electron chi connectivity index (χ1n) is 8.32. The molecular formula is C17H24ClIN6O. The Morgan fingerprint density at radius 2 is 2.00 bits per heavy atom. The molecule has 2 aromatic rings. The van der Waals surface area contributed by atoms with Crippen LogP contribution in [-0.4, -0.2) is 54.2 Å². The van der Waals surface area contributed by atoms with Gasteiger partial charge in [-0.3, -0.25) is 4.99 Å². The minimum atomic E-state index is 0. The summed E-state index contributed by atoms with van der Waals surface area (Å²) >= 11 is 6.15. The van der Waals surface area contributed by atoms with Gasteiger partial charge in [-0.1, -0.05) is 22.8 Å². The van der Waals surface area contributed by atoms with E-state index in [9.17, 15) is 0 Å². The lowest BCUT2D eigenvalue weighted by molar-refractivity contribution is 0.369. The lowest BCUT2D eigenvalue weighted by atomic mass is 10.1. The quantitative estimate of drug-likeness (QED) is 0.405. The fourth-order valence-corrected chi connectivity index (χ4v) is 3.15. The number of aliphatic imine (C=N–C) groups is 1. The molecule has 0 atom stereocenters. The van der Waals surface area contributed by atoms with E-state index in [0.29, 0.717) is 18.3 Å². The Kier molecular flexibility index (Phi) is 7.51. The molecule has 0 bridgehead atoms. The highest BCUT2D eigenvalue weighted by Crippen LogP contribution is 2.25. The van der Waals surface area contributed by atoms with Gasteiger partial charge in [0.15, 0.2) is 11.8 Å². The third-order valence-corrected chi connectivity index (χ3v) is 4.51. The Labute approximate surface area is 175 Å². The molecule has 1 aromatic heterocycles. The van der Waals surface area contributed by atoms with Gasteiger partial charge in [0.1, 0.15) is 0 Å². The summed E-state index contributed by atoms with van der Waals surface area (Å²) in [6, 6.07) is 6.04. The average molecular weight is 491 g/mol. The standard InChI is InChI=1S/C17H23ClN6O.HI/c1-12-4-5-14(18)10-15(12)23-6-8-24(9-7-23)17(19-3)20-11-16-21-13(2)25-22-16;/h4-5,10H,6-9,11H2,1-3H3,(H,19,20);1H. The zero-order valence-electron chi connectivity index (χ0n) is 15.2. The maximum absolute atomic E-state index is 6.15. The zero-order chi connectivity index (χ0) is 17.8. The fraction of sp³-hybridized carbons (Fsp3) is 0.471. The number of halogens is 2. The topological polar surface area (TPSA) is 69.8 Å². The largest absolute Gasteiger partial charge is 0.368 e. The van der Waals surface area contributed by atoms with Crippen molar-refractivity contribution in [3.05, 3.63) is 40.5 Å². The van der Waals surface area contributed by atoms with Gasteiger partial charge in [-0.15, -0.1) is 24.0 Å². The van der Waals surface area contributed by atoms with E-state index in [1.165, 1.54) is 11.3 Å². The van der Waals surface area contributed by atoms with Gasteiger partial charge in [0.25, 0.3) is 0 Å². The molecule has 1 aromatic carbocycles. The average Bonchev–Trinajstić information content (AvgIpc) is 3.03. The second-order valence-electron chi connectivity index (χ2n) is 6.04. The van der Waals surface area contributed by atoms with Crippen LogP contribution >= 0.6 is 35.6 Å². The molecular weight excluding hydrogens is 467 g/mol. The van der Waals surface area contributed by atoms with Crippen LogP contribution in [0, 0.1) is 13.8 Å². The number of anilines is 1. The van der Waals surface area contributed by atoms with Gasteiger partial charge in [0.2, 0.25) is 5.89 Å². The molecule has 0 radical (unpaired) electrons. The number of piperazine rings is 1. The summed E-state index contributed by atoms with van der Waals surface area (Å²) in [5.74, 6) is 2.05. The van der Waals surface area contributed by atoms with Crippen LogP contribution in [-0.2, 0) is 6.54 Å². The number of nitrogens with one attached hydrogen (secondary N) is 1. The number of rotatable bonds is 3. The Bertz CT molecular complexity index is 757. The van der Waals surface area contributed by atoms with Crippen LogP contribution in [0.2, 0.25) is 5.02 Å². The number of aromatic nitrogens is 2. The molecule has 0 amide bonds. The van der Waals surface area contributed by atoms with E-state index in [4.69, 9.17) is 16.1 Å². The first kappa shape index (κ1) is 20.8. The summed E-state index contributed by atoms with van der Waals surface area (Å²) < 4.78 is 4.99. The number of guanidine groups is 1. The van der Waals surface area contributed by atoms with Crippen molar-refractivity contribution in [2.45, 2.75) is 20.4 Å². The van der Waals surface area contributed by atoms with Gasteiger partial charge < -0.3 is 19.6 Å². The van der Waals surface area contributed by atoms with Gasteiger partial charge in [-0.25, -0.2) is 0 Å². The SMILES string of the molecule is CN=C(NCc1noc(C)n1)N1CCN(c2cc(Cl)ccc2C)CC1.I. The summed E-state index contributed by atoms with van der Waals surface area (Å²) in [5.41, 5.74) is 2.45. The zero-order valence-corrected chi connectivity index (χ0v) is 18.3. The van der Waals surface area contributed by atoms with E-state index in [1.807, 2.05) is 12.1 Å². The highest BCUT2D eigenvalue weighted by Gasteiger charge is 2.21. The van der Waals surface area contributed by atoms with Crippen molar-refractivity contribution < 1.29 is 4.52 Å². The molecule has 26 heavy (non-hydrogen) atoms. The van der Waals surface area contributed by atoms with Crippen LogP contribution in [0.3, 0.4) is 0 Å². The minimum Gasteiger partial charge on any atom is -0.368 e. The fourth-order valence-electron chi connectivity index (χ4n) is 2.99. The van der Waals surface area contributed by atoms with Crippen LogP contribution in [0.5, 0.6) is 0 Å². The number of benzene rings is 1. The predicted octanol–water partition coefficient (Wildman–Crippen LogP) is 2.86. The Balaban J connectivity index is 0.00000243. The van der Waals surface area contributed by atoms with Crippen LogP contribution in [0.15, 0.2) is 27.7 Å². The maximum atomic E-state index is 6.15. The van der Waals surface area contributed by atoms with E-state index in [0.717, 1.165) is 37.2 Å². The van der Waals surface area contributed by atoms with Crippen LogP contribution < -0.4 is 10.2 Å². The number of hydrogen-bond donors (Lipinski definition) is 1. The Morgan fingerprint density at radius 3 is 2.62 bits per heavy atom. The molecule has 1 aliphatic heterocycles. The first-order valence-corrected chi connectivity index (χ1v) is 8.70. The van der Waals surface area contributed by atoms with E-state index in [2.05, 4.69) is 43.2 Å². The molecule has 0 saturated carbocycles.